The molecular formula is C16H24N3O10PS2. The molecule has 2 saturated heterocycles. The van der Waals surface area contributed by atoms with Gasteiger partial charge in [0.15, 0.2) is 29.7 Å². The minimum Gasteiger partial charge on any atom is -0.456 e. The zero-order valence-corrected chi connectivity index (χ0v) is 20.5. The zero-order chi connectivity index (χ0) is 24.1. The van der Waals surface area contributed by atoms with Crippen molar-refractivity contribution in [3.63, 3.8) is 0 Å². The molecule has 180 valence electrons. The maximum atomic E-state index is 12.3. The first-order valence-electron chi connectivity index (χ1n) is 9.16. The molecule has 2 aliphatic heterocycles. The van der Waals surface area contributed by atoms with Crippen molar-refractivity contribution in [1.82, 2.24) is 10.2 Å². The van der Waals surface area contributed by atoms with E-state index in [-0.39, 0.29) is 23.4 Å². The highest BCUT2D eigenvalue weighted by molar-refractivity contribution is 8.15. The lowest BCUT2D eigenvalue weighted by atomic mass is 10.0. The van der Waals surface area contributed by atoms with E-state index in [2.05, 4.69) is 10.2 Å². The number of hydrazine groups is 1. The van der Waals surface area contributed by atoms with Crippen LogP contribution in [0.5, 0.6) is 0 Å². The van der Waals surface area contributed by atoms with Gasteiger partial charge in [0.05, 0.1) is 12.4 Å². The molecule has 1 amide bonds. The minimum atomic E-state index is -3.01. The predicted octanol–water partition coefficient (Wildman–Crippen LogP) is 0.0911. The quantitative estimate of drug-likeness (QED) is 0.265. The van der Waals surface area contributed by atoms with Crippen LogP contribution in [0, 0.1) is 0 Å². The summed E-state index contributed by atoms with van der Waals surface area (Å²) in [4.78, 5) is 51.6. The van der Waals surface area contributed by atoms with Crippen molar-refractivity contribution in [3.05, 3.63) is 0 Å². The summed E-state index contributed by atoms with van der Waals surface area (Å²) < 4.78 is 31.7. The molecule has 0 aromatic heterocycles. The third-order valence-corrected chi connectivity index (χ3v) is 7.51. The van der Waals surface area contributed by atoms with Crippen molar-refractivity contribution in [2.24, 2.45) is 4.99 Å². The molecule has 4 atom stereocenters. The van der Waals surface area contributed by atoms with E-state index >= 15 is 0 Å². The van der Waals surface area contributed by atoms with Crippen LogP contribution in [0.1, 0.15) is 20.8 Å². The average molecular weight is 513 g/mol. The van der Waals surface area contributed by atoms with E-state index in [1.165, 1.54) is 21.1 Å². The van der Waals surface area contributed by atoms with Gasteiger partial charge in [-0.05, 0) is 11.8 Å². The van der Waals surface area contributed by atoms with Crippen molar-refractivity contribution in [3.8, 4) is 0 Å². The molecule has 0 radical (unpaired) electrons. The molecule has 32 heavy (non-hydrogen) atoms. The van der Waals surface area contributed by atoms with E-state index in [1.54, 1.807) is 0 Å². The average Bonchev–Trinajstić information content (AvgIpc) is 3.04. The molecule has 1 N–H and O–H groups in total. The number of carbonyl (C=O) groups is 4. The van der Waals surface area contributed by atoms with E-state index in [9.17, 15) is 19.2 Å². The maximum Gasteiger partial charge on any atom is 0.303 e. The van der Waals surface area contributed by atoms with Crippen molar-refractivity contribution in [2.45, 2.75) is 45.3 Å². The third kappa shape index (κ3) is 6.94. The molecule has 2 rings (SSSR count). The van der Waals surface area contributed by atoms with Crippen molar-refractivity contribution in [2.75, 3.05) is 26.6 Å². The van der Waals surface area contributed by atoms with Crippen LogP contribution in [0.15, 0.2) is 4.99 Å². The number of aliphatic imine (C=N–C) groups is 1. The van der Waals surface area contributed by atoms with E-state index < -0.39 is 49.1 Å². The molecule has 2 aliphatic rings. The second kappa shape index (κ2) is 11.5. The van der Waals surface area contributed by atoms with E-state index in [4.69, 9.17) is 39.8 Å². The van der Waals surface area contributed by atoms with E-state index in [0.29, 0.717) is 0 Å². The first-order chi connectivity index (χ1) is 15.0. The summed E-state index contributed by atoms with van der Waals surface area (Å²) in [6, 6.07) is 0. The van der Waals surface area contributed by atoms with Crippen LogP contribution in [0.4, 0.5) is 0 Å². The summed E-state index contributed by atoms with van der Waals surface area (Å²) in [5.74, 6) is -2.36. The first-order valence-corrected chi connectivity index (χ1v) is 12.8. The standard InChI is InChI=1S/C16H24N3O10PS2/c1-8(20)27-11-6-26-15(14(29-10(3)22)13(11)28-9(2)21)17-16-19(12(23)7-32-16)18-30(31,24-4)25-5/h11,13-15H,6-7H2,1-5H3,(H,18,31)/t11-,13+,14-,15-/m1/s1. The number of amidine groups is 1. The van der Waals surface area contributed by atoms with E-state index in [0.717, 1.165) is 30.6 Å². The number of amides is 1. The number of esters is 3. The Kier molecular flexibility index (Phi) is 9.57. The van der Waals surface area contributed by atoms with Gasteiger partial charge in [-0.3, -0.25) is 19.2 Å². The summed E-state index contributed by atoms with van der Waals surface area (Å²) in [5.41, 5.74) is 0. The maximum absolute atomic E-state index is 12.3. The molecule has 0 spiro atoms. The molecule has 0 unspecified atom stereocenters. The fourth-order valence-electron chi connectivity index (χ4n) is 2.78. The van der Waals surface area contributed by atoms with Crippen molar-refractivity contribution >= 4 is 59.2 Å². The number of thioether (sulfide) groups is 1. The molecule has 0 aromatic rings. The molecule has 0 saturated carbocycles. The van der Waals surface area contributed by atoms with Crippen LogP contribution in [-0.2, 0) is 59.0 Å². The Morgan fingerprint density at radius 1 is 1.09 bits per heavy atom. The van der Waals surface area contributed by atoms with Gasteiger partial charge in [0, 0.05) is 35.0 Å². The Morgan fingerprint density at radius 3 is 2.19 bits per heavy atom. The van der Waals surface area contributed by atoms with Crippen LogP contribution in [0.25, 0.3) is 0 Å². The Balaban J connectivity index is 2.37. The lowest BCUT2D eigenvalue weighted by Gasteiger charge is -2.39. The molecular weight excluding hydrogens is 489 g/mol. The molecule has 16 heteroatoms. The second-order valence-corrected chi connectivity index (χ2v) is 10.7. The van der Waals surface area contributed by atoms with Crippen molar-refractivity contribution < 1.29 is 47.2 Å². The van der Waals surface area contributed by atoms with Crippen LogP contribution in [0.2, 0.25) is 0 Å². The number of nitrogens with zero attached hydrogens (tertiary/aromatic N) is 2. The highest BCUT2D eigenvalue weighted by atomic mass is 32.5. The SMILES string of the molecule is COP(=S)(NN1C(=O)CSC1=N[C@@H]1OC[C@@H](OC(C)=O)[C@H](OC(C)=O)[C@H]1OC(C)=O)OC. The highest BCUT2D eigenvalue weighted by Crippen LogP contribution is 2.43. The smallest absolute Gasteiger partial charge is 0.303 e. The van der Waals surface area contributed by atoms with Gasteiger partial charge in [0.25, 0.3) is 12.5 Å². The summed E-state index contributed by atoms with van der Waals surface area (Å²) in [6.45, 7) is 0.280. The molecule has 13 nitrogen and oxygen atoms in total. The zero-order valence-electron chi connectivity index (χ0n) is 18.0. The van der Waals surface area contributed by atoms with Gasteiger partial charge in [0.2, 0.25) is 0 Å². The minimum absolute atomic E-state index is 0.0446. The summed E-state index contributed by atoms with van der Waals surface area (Å²) in [7, 11) is 2.67. The topological polar surface area (TPSA) is 151 Å². The molecule has 2 heterocycles. The highest BCUT2D eigenvalue weighted by Gasteiger charge is 2.48. The largest absolute Gasteiger partial charge is 0.456 e. The number of hydrogen-bond acceptors (Lipinski definition) is 13. The van der Waals surface area contributed by atoms with Gasteiger partial charge in [-0.15, -0.1) is 5.20 Å². The van der Waals surface area contributed by atoms with Crippen LogP contribution in [0.3, 0.4) is 0 Å². The van der Waals surface area contributed by atoms with Gasteiger partial charge in [-0.2, -0.15) is 0 Å². The number of hydrogen-bond donors (Lipinski definition) is 1. The lowest BCUT2D eigenvalue weighted by Crippen LogP contribution is -2.57. The number of nitrogens with one attached hydrogen (secondary N) is 1. The molecule has 0 aromatic carbocycles. The number of carbonyl (C=O) groups excluding carboxylic acids is 4. The Hall–Kier alpha value is -1.61. The summed E-state index contributed by atoms with van der Waals surface area (Å²) in [5, 5.41) is 3.93. The van der Waals surface area contributed by atoms with Crippen molar-refractivity contribution in [1.29, 1.82) is 0 Å². The van der Waals surface area contributed by atoms with Gasteiger partial charge < -0.3 is 28.0 Å². The van der Waals surface area contributed by atoms with Gasteiger partial charge >= 0.3 is 17.9 Å². The lowest BCUT2D eigenvalue weighted by molar-refractivity contribution is -0.224. The normalized spacial score (nSPS) is 27.3. The Morgan fingerprint density at radius 2 is 1.66 bits per heavy atom. The predicted molar refractivity (Wildman–Crippen MR) is 115 cm³/mol. The van der Waals surface area contributed by atoms with Gasteiger partial charge in [-0.25, -0.2) is 10.0 Å². The fourth-order valence-corrected chi connectivity index (χ4v) is 4.69. The Labute approximate surface area is 193 Å². The number of ether oxygens (including phenoxy) is 4. The van der Waals surface area contributed by atoms with E-state index in [1.807, 2.05) is 0 Å². The molecule has 0 aliphatic carbocycles. The van der Waals surface area contributed by atoms with Gasteiger partial charge in [0.1, 0.15) is 0 Å². The first kappa shape index (κ1) is 26.6. The monoisotopic (exact) mass is 513 g/mol. The van der Waals surface area contributed by atoms with Crippen LogP contribution >= 0.6 is 18.4 Å². The second-order valence-electron chi connectivity index (χ2n) is 6.41. The number of rotatable bonds is 8. The summed E-state index contributed by atoms with van der Waals surface area (Å²) >= 11 is 6.32. The van der Waals surface area contributed by atoms with Crippen LogP contribution in [-0.4, -0.2) is 85.1 Å². The fraction of sp³-hybridized carbons (Fsp3) is 0.688. The van der Waals surface area contributed by atoms with Gasteiger partial charge in [-0.1, -0.05) is 11.8 Å². The van der Waals surface area contributed by atoms with Crippen LogP contribution < -0.4 is 5.20 Å². The molecule has 0 bridgehead atoms. The molecule has 2 fully saturated rings. The summed E-state index contributed by atoms with van der Waals surface area (Å²) in [6.07, 6.45) is -4.66. The third-order valence-electron chi connectivity index (χ3n) is 4.03. The Bertz CT molecular complexity index is 833.